The lowest BCUT2D eigenvalue weighted by atomic mass is 9.69. The van der Waals surface area contributed by atoms with Crippen LogP contribution >= 0.6 is 0 Å². The Labute approximate surface area is 198 Å². The summed E-state index contributed by atoms with van der Waals surface area (Å²) in [6.07, 6.45) is 1.51. The van der Waals surface area contributed by atoms with E-state index in [1.54, 1.807) is 18.2 Å². The zero-order chi connectivity index (χ0) is 23.6. The first-order valence-corrected chi connectivity index (χ1v) is 12.2. The molecule has 1 amide bonds. The van der Waals surface area contributed by atoms with Gasteiger partial charge in [-0.15, -0.1) is 0 Å². The quantitative estimate of drug-likeness (QED) is 0.615. The highest BCUT2D eigenvalue weighted by Gasteiger charge is 2.50. The lowest BCUT2D eigenvalue weighted by Crippen LogP contribution is -2.99. The van der Waals surface area contributed by atoms with E-state index < -0.39 is 5.23 Å². The summed E-state index contributed by atoms with van der Waals surface area (Å²) in [6, 6.07) is 10.9. The molecule has 9 nitrogen and oxygen atoms in total. The SMILES string of the molecule is CN1CCN(C(=O)C2Cc3cc([NH+]([O-])O)ccc3N3CC4CC(Cn5c4cccc5=O)C23)CC1. The molecule has 5 heterocycles. The van der Waals surface area contributed by atoms with Gasteiger partial charge in [0.1, 0.15) is 0 Å². The first kappa shape index (κ1) is 21.8. The number of nitrogens with zero attached hydrogens (tertiary/aromatic N) is 4. The molecule has 4 aliphatic rings. The molecular weight excluding hydrogens is 434 g/mol. The molecule has 180 valence electrons. The van der Waals surface area contributed by atoms with E-state index in [1.807, 2.05) is 27.7 Å². The van der Waals surface area contributed by atoms with Gasteiger partial charge in [0.25, 0.3) is 5.56 Å². The van der Waals surface area contributed by atoms with Gasteiger partial charge < -0.3 is 24.5 Å². The molecule has 2 aromatic rings. The molecule has 0 spiro atoms. The maximum Gasteiger partial charge on any atom is 0.250 e. The lowest BCUT2D eigenvalue weighted by molar-refractivity contribution is -0.991. The second-order valence-electron chi connectivity index (χ2n) is 10.3. The van der Waals surface area contributed by atoms with Gasteiger partial charge in [-0.25, -0.2) is 5.21 Å². The minimum absolute atomic E-state index is 0.00633. The van der Waals surface area contributed by atoms with Crippen molar-refractivity contribution in [2.75, 3.05) is 44.7 Å². The van der Waals surface area contributed by atoms with Crippen LogP contribution in [0.3, 0.4) is 0 Å². The summed E-state index contributed by atoms with van der Waals surface area (Å²) in [5, 5.41) is 20.3. The van der Waals surface area contributed by atoms with Crippen LogP contribution in [0.25, 0.3) is 0 Å². The molecule has 1 aromatic carbocycles. The molecule has 2 bridgehead atoms. The van der Waals surface area contributed by atoms with Gasteiger partial charge in [0.05, 0.1) is 5.92 Å². The van der Waals surface area contributed by atoms with Crippen LogP contribution in [-0.2, 0) is 17.8 Å². The van der Waals surface area contributed by atoms with Gasteiger partial charge in [-0.3, -0.25) is 9.59 Å². The number of nitrogens with one attached hydrogen (secondary N) is 1. The van der Waals surface area contributed by atoms with E-state index in [0.29, 0.717) is 13.0 Å². The number of piperazine rings is 1. The molecule has 34 heavy (non-hydrogen) atoms. The Morgan fingerprint density at radius 2 is 1.91 bits per heavy atom. The molecule has 6 rings (SSSR count). The van der Waals surface area contributed by atoms with Crippen molar-refractivity contribution in [1.82, 2.24) is 14.4 Å². The Morgan fingerprint density at radius 3 is 2.68 bits per heavy atom. The fourth-order valence-electron chi connectivity index (χ4n) is 6.73. The van der Waals surface area contributed by atoms with Crippen molar-refractivity contribution in [2.45, 2.75) is 31.3 Å². The van der Waals surface area contributed by atoms with Crippen LogP contribution in [0.15, 0.2) is 41.2 Å². The Kier molecular flexibility index (Phi) is 5.25. The number of pyridine rings is 1. The molecule has 2 N–H and O–H groups in total. The van der Waals surface area contributed by atoms with E-state index in [0.717, 1.165) is 56.1 Å². The van der Waals surface area contributed by atoms with E-state index in [1.165, 1.54) is 0 Å². The largest absolute Gasteiger partial charge is 0.595 e. The molecule has 0 radical (unpaired) electrons. The van der Waals surface area contributed by atoms with Crippen molar-refractivity contribution in [3.05, 3.63) is 63.2 Å². The minimum Gasteiger partial charge on any atom is -0.595 e. The molecule has 5 atom stereocenters. The molecule has 2 fully saturated rings. The van der Waals surface area contributed by atoms with Crippen molar-refractivity contribution < 1.29 is 15.2 Å². The van der Waals surface area contributed by atoms with E-state index in [9.17, 15) is 20.0 Å². The Balaban J connectivity index is 1.42. The minimum atomic E-state index is -0.948. The number of piperidine rings is 1. The second kappa shape index (κ2) is 8.20. The zero-order valence-electron chi connectivity index (χ0n) is 19.4. The Morgan fingerprint density at radius 1 is 1.12 bits per heavy atom. The van der Waals surface area contributed by atoms with Crippen molar-refractivity contribution in [3.63, 3.8) is 0 Å². The predicted molar refractivity (Wildman–Crippen MR) is 126 cm³/mol. The first-order chi connectivity index (χ1) is 16.4. The van der Waals surface area contributed by atoms with Gasteiger partial charge in [0, 0.05) is 80.8 Å². The average Bonchev–Trinajstić information content (AvgIpc) is 2.84. The number of rotatable bonds is 2. The summed E-state index contributed by atoms with van der Waals surface area (Å²) in [5.41, 5.74) is 3.34. The van der Waals surface area contributed by atoms with Crippen LogP contribution in [0.1, 0.15) is 23.6 Å². The Hall–Kier alpha value is -2.72. The van der Waals surface area contributed by atoms with Gasteiger partial charge in [0.15, 0.2) is 5.69 Å². The third kappa shape index (κ3) is 3.46. The van der Waals surface area contributed by atoms with Crippen LogP contribution in [0, 0.1) is 17.0 Å². The van der Waals surface area contributed by atoms with Crippen LogP contribution in [0.5, 0.6) is 0 Å². The van der Waals surface area contributed by atoms with E-state index >= 15 is 0 Å². The van der Waals surface area contributed by atoms with Gasteiger partial charge in [-0.05, 0) is 43.5 Å². The number of carbonyl (C=O) groups excluding carboxylic acids is 1. The summed E-state index contributed by atoms with van der Waals surface area (Å²) in [4.78, 5) is 33.2. The predicted octanol–water partition coefficient (Wildman–Crippen LogP) is 0.190. The fourth-order valence-corrected chi connectivity index (χ4v) is 6.73. The molecule has 0 aliphatic carbocycles. The van der Waals surface area contributed by atoms with Gasteiger partial charge >= 0.3 is 0 Å². The number of aromatic nitrogens is 1. The van der Waals surface area contributed by atoms with Crippen molar-refractivity contribution in [1.29, 1.82) is 0 Å². The summed E-state index contributed by atoms with van der Waals surface area (Å²) in [5.74, 6) is 0.333. The van der Waals surface area contributed by atoms with Gasteiger partial charge in [0.2, 0.25) is 5.91 Å². The summed E-state index contributed by atoms with van der Waals surface area (Å²) in [7, 11) is 2.08. The highest BCUT2D eigenvalue weighted by molar-refractivity contribution is 5.82. The number of hydrogen-bond acceptors (Lipinski definition) is 6. The summed E-state index contributed by atoms with van der Waals surface area (Å²) < 4.78 is 1.91. The maximum absolute atomic E-state index is 13.9. The lowest BCUT2D eigenvalue weighted by Gasteiger charge is -2.55. The second-order valence-corrected chi connectivity index (χ2v) is 10.3. The van der Waals surface area contributed by atoms with Gasteiger partial charge in [-0.1, -0.05) is 6.07 Å². The number of anilines is 1. The van der Waals surface area contributed by atoms with E-state index in [-0.39, 0.29) is 40.9 Å². The molecular formula is C25H31N5O4. The average molecular weight is 466 g/mol. The highest BCUT2D eigenvalue weighted by Crippen LogP contribution is 2.47. The van der Waals surface area contributed by atoms with Crippen LogP contribution < -0.4 is 15.7 Å². The zero-order valence-corrected chi connectivity index (χ0v) is 19.4. The number of benzene rings is 1. The normalized spacial score (nSPS) is 29.1. The highest BCUT2D eigenvalue weighted by atomic mass is 16.8. The topological polar surface area (TPSA) is 96.5 Å². The number of amides is 1. The maximum atomic E-state index is 13.9. The standard InChI is InChI=1S/C25H31N5O4/c1-26-7-9-27(10-8-26)25(32)20-13-16-12-19(30(33)34)5-6-22(16)29-14-17-11-18(24(20)29)15-28-21(17)3-2-4-23(28)31/h2-6,12,17-18,20,24,30,33H,7-11,13-15H2,1H3. The van der Waals surface area contributed by atoms with Crippen molar-refractivity contribution >= 4 is 17.3 Å². The van der Waals surface area contributed by atoms with Crippen LogP contribution in [-0.4, -0.2) is 71.3 Å². The number of hydrogen-bond donors (Lipinski definition) is 2. The van der Waals surface area contributed by atoms with Gasteiger partial charge in [-0.2, -0.15) is 5.23 Å². The molecule has 9 heteroatoms. The molecule has 5 unspecified atom stereocenters. The summed E-state index contributed by atoms with van der Waals surface area (Å²) in [6.45, 7) is 4.52. The number of fused-ring (bicyclic) bond motifs is 8. The Bertz CT molecular complexity index is 1170. The fraction of sp³-hybridized carbons (Fsp3) is 0.520. The van der Waals surface area contributed by atoms with E-state index in [4.69, 9.17) is 0 Å². The summed E-state index contributed by atoms with van der Waals surface area (Å²) >= 11 is 0. The monoisotopic (exact) mass is 465 g/mol. The van der Waals surface area contributed by atoms with Crippen LogP contribution in [0.4, 0.5) is 11.4 Å². The molecule has 4 aliphatic heterocycles. The number of carbonyl (C=O) groups is 1. The number of likely N-dealkylation sites (N-methyl/N-ethyl adjacent to an activating group) is 1. The third-order valence-corrected chi connectivity index (χ3v) is 8.39. The molecule has 0 saturated carbocycles. The third-order valence-electron chi connectivity index (χ3n) is 8.39. The molecule has 2 saturated heterocycles. The number of quaternary nitrogens is 1. The smallest absolute Gasteiger partial charge is 0.250 e. The van der Waals surface area contributed by atoms with Crippen LogP contribution in [0.2, 0.25) is 0 Å². The van der Waals surface area contributed by atoms with E-state index in [2.05, 4.69) is 16.8 Å². The van der Waals surface area contributed by atoms with Crippen molar-refractivity contribution in [3.8, 4) is 0 Å². The first-order valence-electron chi connectivity index (χ1n) is 12.2. The molecule has 1 aromatic heterocycles. The van der Waals surface area contributed by atoms with Crippen molar-refractivity contribution in [2.24, 2.45) is 11.8 Å².